The SMILES string of the molecule is COC(=O)c1ccccc1-n1cccc1[C@@H]1[C@H](c2ccccn2)NC(=S)N1Cc1ccco1. The first kappa shape index (κ1) is 21.0. The summed E-state index contributed by atoms with van der Waals surface area (Å²) in [5.74, 6) is 0.415. The van der Waals surface area contributed by atoms with Gasteiger partial charge in [0, 0.05) is 18.1 Å². The number of thiocarbonyl (C=S) groups is 1. The second-order valence-corrected chi connectivity index (χ2v) is 8.03. The lowest BCUT2D eigenvalue weighted by atomic mass is 10.0. The van der Waals surface area contributed by atoms with Gasteiger partial charge in [-0.2, -0.15) is 0 Å². The van der Waals surface area contributed by atoms with E-state index in [1.54, 1.807) is 18.5 Å². The average molecular weight is 459 g/mol. The molecule has 5 rings (SSSR count). The number of benzene rings is 1. The molecule has 1 fully saturated rings. The van der Waals surface area contributed by atoms with Crippen molar-refractivity contribution in [3.05, 3.63) is 108 Å². The molecule has 8 heteroatoms. The topological polar surface area (TPSA) is 72.5 Å². The van der Waals surface area contributed by atoms with Crippen molar-refractivity contribution in [3.63, 3.8) is 0 Å². The molecule has 0 radical (unpaired) electrons. The zero-order chi connectivity index (χ0) is 22.8. The summed E-state index contributed by atoms with van der Waals surface area (Å²) in [7, 11) is 1.39. The number of esters is 1. The molecule has 7 nitrogen and oxygen atoms in total. The standard InChI is InChI=1S/C25H22N4O3S/c1-31-24(30)18-9-2-3-11-20(18)28-14-6-12-21(28)23-22(19-10-4-5-13-26-19)27-25(33)29(23)16-17-8-7-15-32-17/h2-15,22-23H,16H2,1H3,(H,27,33)/t22-,23+/m0/s1. The van der Waals surface area contributed by atoms with E-state index in [0.717, 1.165) is 22.8 Å². The Morgan fingerprint density at radius 2 is 1.97 bits per heavy atom. The molecule has 166 valence electrons. The van der Waals surface area contributed by atoms with Gasteiger partial charge in [0.05, 0.1) is 48.9 Å². The molecule has 0 aliphatic carbocycles. The van der Waals surface area contributed by atoms with Gasteiger partial charge in [-0.1, -0.05) is 18.2 Å². The Kier molecular flexibility index (Phi) is 5.66. The molecule has 0 amide bonds. The summed E-state index contributed by atoms with van der Waals surface area (Å²) in [6.45, 7) is 0.497. The predicted molar refractivity (Wildman–Crippen MR) is 127 cm³/mol. The molecule has 0 saturated carbocycles. The van der Waals surface area contributed by atoms with Crippen LogP contribution in [0.2, 0.25) is 0 Å². The quantitative estimate of drug-likeness (QED) is 0.339. The summed E-state index contributed by atoms with van der Waals surface area (Å²) in [5, 5.41) is 4.06. The molecule has 1 aliphatic heterocycles. The smallest absolute Gasteiger partial charge is 0.339 e. The number of nitrogens with one attached hydrogen (secondary N) is 1. The maximum Gasteiger partial charge on any atom is 0.339 e. The van der Waals surface area contributed by atoms with Crippen molar-refractivity contribution in [1.29, 1.82) is 0 Å². The third-order valence-electron chi connectivity index (χ3n) is 5.76. The molecule has 1 aromatic carbocycles. The van der Waals surface area contributed by atoms with Crippen LogP contribution >= 0.6 is 12.2 Å². The predicted octanol–water partition coefficient (Wildman–Crippen LogP) is 4.42. The van der Waals surface area contributed by atoms with Crippen LogP contribution in [0.1, 0.15) is 39.6 Å². The second-order valence-electron chi connectivity index (χ2n) is 7.65. The molecule has 1 N–H and O–H groups in total. The summed E-state index contributed by atoms with van der Waals surface area (Å²) in [5.41, 5.74) is 3.06. The van der Waals surface area contributed by atoms with Gasteiger partial charge in [-0.25, -0.2) is 4.79 Å². The van der Waals surface area contributed by atoms with Crippen molar-refractivity contribution >= 4 is 23.3 Å². The van der Waals surface area contributed by atoms with Gasteiger partial charge in [-0.3, -0.25) is 4.98 Å². The van der Waals surface area contributed by atoms with Crippen molar-refractivity contribution in [1.82, 2.24) is 19.8 Å². The zero-order valence-electron chi connectivity index (χ0n) is 17.9. The number of aromatic nitrogens is 2. The lowest BCUT2D eigenvalue weighted by molar-refractivity contribution is 0.0600. The monoisotopic (exact) mass is 458 g/mol. The summed E-state index contributed by atoms with van der Waals surface area (Å²) >= 11 is 5.75. The summed E-state index contributed by atoms with van der Waals surface area (Å²) in [6.07, 6.45) is 5.37. The van der Waals surface area contributed by atoms with Gasteiger partial charge < -0.3 is 23.9 Å². The van der Waals surface area contributed by atoms with Gasteiger partial charge in [0.1, 0.15) is 5.76 Å². The van der Waals surface area contributed by atoms with E-state index in [1.807, 2.05) is 71.4 Å². The highest BCUT2D eigenvalue weighted by atomic mass is 32.1. The van der Waals surface area contributed by atoms with E-state index in [0.29, 0.717) is 17.2 Å². The van der Waals surface area contributed by atoms with Crippen molar-refractivity contribution < 1.29 is 13.9 Å². The fraction of sp³-hybridized carbons (Fsp3) is 0.160. The molecular weight excluding hydrogens is 436 g/mol. The molecule has 1 saturated heterocycles. The fourth-order valence-corrected chi connectivity index (χ4v) is 4.59. The first-order chi connectivity index (χ1) is 16.2. The number of ether oxygens (including phenoxy) is 1. The van der Waals surface area contributed by atoms with Crippen molar-refractivity contribution in [2.75, 3.05) is 7.11 Å². The highest BCUT2D eigenvalue weighted by Crippen LogP contribution is 2.40. The largest absolute Gasteiger partial charge is 0.467 e. The number of nitrogens with zero attached hydrogens (tertiary/aromatic N) is 3. The van der Waals surface area contributed by atoms with Crippen LogP contribution in [-0.4, -0.2) is 32.6 Å². The van der Waals surface area contributed by atoms with E-state index in [4.69, 9.17) is 21.4 Å². The Bertz CT molecular complexity index is 1270. The van der Waals surface area contributed by atoms with Crippen molar-refractivity contribution in [2.45, 2.75) is 18.6 Å². The molecule has 33 heavy (non-hydrogen) atoms. The Morgan fingerprint density at radius 3 is 2.73 bits per heavy atom. The van der Waals surface area contributed by atoms with E-state index in [9.17, 15) is 4.79 Å². The number of hydrogen-bond acceptors (Lipinski definition) is 5. The van der Waals surface area contributed by atoms with E-state index in [-0.39, 0.29) is 18.1 Å². The van der Waals surface area contributed by atoms with Crippen LogP contribution in [0.5, 0.6) is 0 Å². The Balaban J connectivity index is 1.63. The van der Waals surface area contributed by atoms with E-state index in [1.165, 1.54) is 7.11 Å². The van der Waals surface area contributed by atoms with Crippen LogP contribution in [-0.2, 0) is 11.3 Å². The summed E-state index contributed by atoms with van der Waals surface area (Å²) in [6, 6.07) is 20.7. The van der Waals surface area contributed by atoms with E-state index < -0.39 is 0 Å². The molecule has 4 aromatic rings. The van der Waals surface area contributed by atoms with Gasteiger partial charge in [-0.05, 0) is 60.7 Å². The van der Waals surface area contributed by atoms with Crippen molar-refractivity contribution in [2.24, 2.45) is 0 Å². The molecule has 1 aliphatic rings. The summed E-state index contributed by atoms with van der Waals surface area (Å²) in [4.78, 5) is 19.2. The van der Waals surface area contributed by atoms with Gasteiger partial charge in [0.15, 0.2) is 5.11 Å². The molecule has 2 atom stereocenters. The normalized spacial score (nSPS) is 17.7. The minimum Gasteiger partial charge on any atom is -0.467 e. The van der Waals surface area contributed by atoms with Gasteiger partial charge in [0.25, 0.3) is 0 Å². The molecule has 3 aromatic heterocycles. The molecule has 4 heterocycles. The number of carbonyl (C=O) groups is 1. The van der Waals surface area contributed by atoms with Crippen LogP contribution in [0.15, 0.2) is 89.8 Å². The lowest BCUT2D eigenvalue weighted by Gasteiger charge is -2.28. The first-order valence-corrected chi connectivity index (χ1v) is 10.9. The maximum absolute atomic E-state index is 12.5. The highest BCUT2D eigenvalue weighted by Gasteiger charge is 2.41. The van der Waals surface area contributed by atoms with Gasteiger partial charge in [0.2, 0.25) is 0 Å². The minimum absolute atomic E-state index is 0.187. The second kappa shape index (κ2) is 8.91. The molecular formula is C25H22N4O3S. The van der Waals surface area contributed by atoms with Crippen molar-refractivity contribution in [3.8, 4) is 5.69 Å². The fourth-order valence-electron chi connectivity index (χ4n) is 4.29. The van der Waals surface area contributed by atoms with Crippen LogP contribution in [0.3, 0.4) is 0 Å². The third-order valence-corrected chi connectivity index (χ3v) is 6.11. The number of carbonyl (C=O) groups excluding carboxylic acids is 1. The zero-order valence-corrected chi connectivity index (χ0v) is 18.7. The molecule has 0 spiro atoms. The van der Waals surface area contributed by atoms with E-state index in [2.05, 4.69) is 15.2 Å². The van der Waals surface area contributed by atoms with Gasteiger partial charge >= 0.3 is 5.97 Å². The number of hydrogen-bond donors (Lipinski definition) is 1. The first-order valence-electron chi connectivity index (χ1n) is 10.5. The number of para-hydroxylation sites is 1. The maximum atomic E-state index is 12.5. The van der Waals surface area contributed by atoms with Crippen LogP contribution in [0.4, 0.5) is 0 Å². The van der Waals surface area contributed by atoms with Crippen LogP contribution < -0.4 is 5.32 Å². The molecule has 0 bridgehead atoms. The average Bonchev–Trinajstić information content (AvgIpc) is 3.60. The Labute approximate surface area is 196 Å². The van der Waals surface area contributed by atoms with Crippen LogP contribution in [0, 0.1) is 0 Å². The number of methoxy groups -OCH3 is 1. The third kappa shape index (κ3) is 3.89. The summed E-state index contributed by atoms with van der Waals surface area (Å²) < 4.78 is 12.7. The minimum atomic E-state index is -0.390. The van der Waals surface area contributed by atoms with Crippen LogP contribution in [0.25, 0.3) is 5.69 Å². The Morgan fingerprint density at radius 1 is 1.12 bits per heavy atom. The number of rotatable bonds is 6. The lowest BCUT2D eigenvalue weighted by Crippen LogP contribution is -2.30. The number of furan rings is 1. The van der Waals surface area contributed by atoms with Gasteiger partial charge in [-0.15, -0.1) is 0 Å². The van der Waals surface area contributed by atoms with E-state index >= 15 is 0 Å². The number of pyridine rings is 1. The molecule has 0 unspecified atom stereocenters. The Hall–Kier alpha value is -3.91. The highest BCUT2D eigenvalue weighted by molar-refractivity contribution is 7.80.